The van der Waals surface area contributed by atoms with Gasteiger partial charge in [0.1, 0.15) is 5.69 Å². The molecular weight excluding hydrogens is 303 g/mol. The first-order valence-electron chi connectivity index (χ1n) is 5.73. The molecule has 0 fully saturated rings. The van der Waals surface area contributed by atoms with Crippen LogP contribution in [0.25, 0.3) is 0 Å². The van der Waals surface area contributed by atoms with E-state index in [-0.39, 0.29) is 0 Å². The Morgan fingerprint density at radius 1 is 0.750 bits per heavy atom. The van der Waals surface area contributed by atoms with Crippen molar-refractivity contribution >= 4 is 13.5 Å². The first-order valence-corrected chi connectivity index (χ1v) is 7.76. The number of hydrogen-bond acceptors (Lipinski definition) is 0. The molecule has 0 atom stereocenters. The summed E-state index contributed by atoms with van der Waals surface area (Å²) in [5.41, 5.74) is 5.57. The Bertz CT molecular complexity index is 464. The first kappa shape index (κ1) is 19.2. The Kier molecular flexibility index (Phi) is 4.41. The molecule has 0 unspecified atom stereocenters. The maximum atomic E-state index is 9.87. The fraction of sp³-hybridized carbons (Fsp3) is 0.500. The van der Waals surface area contributed by atoms with Crippen LogP contribution in [-0.4, -0.2) is 21.1 Å². The summed E-state index contributed by atoms with van der Waals surface area (Å²) in [6.07, 6.45) is 0. The van der Waals surface area contributed by atoms with Gasteiger partial charge in [-0.2, -0.15) is 0 Å². The molecule has 0 aliphatic heterocycles. The van der Waals surface area contributed by atoms with Gasteiger partial charge in [0.05, 0.1) is 21.1 Å². The van der Waals surface area contributed by atoms with Crippen molar-refractivity contribution in [3.8, 4) is 0 Å². The zero-order valence-corrected chi connectivity index (χ0v) is 13.2. The normalized spacial score (nSPS) is 15.8. The van der Waals surface area contributed by atoms with Crippen LogP contribution in [0.3, 0.4) is 0 Å². The molecule has 0 aliphatic carbocycles. The average Bonchev–Trinajstić information content (AvgIpc) is 2.06. The summed E-state index contributed by atoms with van der Waals surface area (Å²) < 4.78 is 60.1. The summed E-state index contributed by atoms with van der Waals surface area (Å²) in [5, 5.41) is 0. The average molecular weight is 323 g/mol. The van der Waals surface area contributed by atoms with Gasteiger partial charge in [0, 0.05) is 12.1 Å². The predicted molar refractivity (Wildman–Crippen MR) is 73.8 cm³/mol. The Labute approximate surface area is 115 Å². The van der Waals surface area contributed by atoms with E-state index in [0.29, 0.717) is 0 Å². The molecule has 0 bridgehead atoms. The van der Waals surface area contributed by atoms with Crippen LogP contribution in [-0.2, 0) is 0 Å². The van der Waals surface area contributed by atoms with Gasteiger partial charge >= 0.3 is 33.0 Å². The second-order valence-electron chi connectivity index (χ2n) is 5.68. The molecule has 0 aromatic heterocycles. The van der Waals surface area contributed by atoms with Crippen molar-refractivity contribution in [2.24, 2.45) is 0 Å². The second kappa shape index (κ2) is 4.60. The molecule has 0 aliphatic rings. The fourth-order valence-electron chi connectivity index (χ4n) is 1.40. The Hall–Kier alpha value is -0.810. The molecule has 0 saturated heterocycles. The van der Waals surface area contributed by atoms with Gasteiger partial charge in [0.25, 0.3) is 0 Å². The van der Waals surface area contributed by atoms with Crippen LogP contribution >= 0.6 is 7.81 Å². The van der Waals surface area contributed by atoms with E-state index < -0.39 is 7.81 Å². The monoisotopic (exact) mass is 323 g/mol. The summed E-state index contributed by atoms with van der Waals surface area (Å²) in [4.78, 5) is 0. The van der Waals surface area contributed by atoms with Crippen molar-refractivity contribution < 1.29 is 25.2 Å². The van der Waals surface area contributed by atoms with Gasteiger partial charge in [-0.3, -0.25) is 4.48 Å². The third kappa shape index (κ3) is 10.0. The number of benzene rings is 1. The van der Waals surface area contributed by atoms with Gasteiger partial charge in [0.15, 0.2) is 0 Å². The van der Waals surface area contributed by atoms with Gasteiger partial charge in [-0.15, -0.1) is 0 Å². The van der Waals surface area contributed by atoms with E-state index in [1.165, 1.54) is 22.4 Å². The van der Waals surface area contributed by atoms with Crippen molar-refractivity contribution in [1.82, 2.24) is 4.48 Å². The van der Waals surface area contributed by atoms with Crippen molar-refractivity contribution in [2.75, 3.05) is 21.1 Å². The standard InChI is InChI=1S/C12H20N.F6P/c1-9-7-12(13(4,5)6)8-10(2)11(9)3;1-7(2,3,4,5)6/h7-8H,1-6H3;/q+1;-1. The number of halogens is 6. The van der Waals surface area contributed by atoms with Gasteiger partial charge in [-0.25, -0.2) is 0 Å². The van der Waals surface area contributed by atoms with Gasteiger partial charge in [0.2, 0.25) is 0 Å². The minimum absolute atomic E-state index is 0.891. The maximum absolute atomic E-state index is 10.7. The van der Waals surface area contributed by atoms with Crippen molar-refractivity contribution in [3.05, 3.63) is 28.8 Å². The van der Waals surface area contributed by atoms with Gasteiger partial charge in [-0.1, -0.05) is 0 Å². The van der Waals surface area contributed by atoms with Crippen LogP contribution in [0, 0.1) is 20.8 Å². The topological polar surface area (TPSA) is 0 Å². The number of quaternary nitrogens is 1. The molecular formula is C12H20F6NP. The zero-order valence-electron chi connectivity index (χ0n) is 12.3. The molecule has 20 heavy (non-hydrogen) atoms. The van der Waals surface area contributed by atoms with Crippen molar-refractivity contribution in [3.63, 3.8) is 0 Å². The van der Waals surface area contributed by atoms with Crippen molar-refractivity contribution in [1.29, 1.82) is 0 Å². The zero-order chi connectivity index (χ0) is 16.6. The SMILES string of the molecule is Cc1cc([N+](C)(C)C)cc(C)c1C.F[P-](F)(F)(F)(F)F. The first-order chi connectivity index (χ1) is 8.27. The molecule has 8 heteroatoms. The number of rotatable bonds is 1. The van der Waals surface area contributed by atoms with Gasteiger partial charge in [-0.05, 0) is 37.5 Å². The molecule has 0 radical (unpaired) electrons. The molecule has 0 amide bonds. The van der Waals surface area contributed by atoms with Crippen LogP contribution in [0.2, 0.25) is 0 Å². The Balaban J connectivity index is 0.000000441. The van der Waals surface area contributed by atoms with E-state index in [1.54, 1.807) is 0 Å². The van der Waals surface area contributed by atoms with Crippen LogP contribution < -0.4 is 4.48 Å². The molecule has 1 rings (SSSR count). The van der Waals surface area contributed by atoms with Crippen LogP contribution in [0.5, 0.6) is 0 Å². The third-order valence-corrected chi connectivity index (χ3v) is 2.69. The van der Waals surface area contributed by atoms with Crippen LogP contribution in [0.15, 0.2) is 12.1 Å². The van der Waals surface area contributed by atoms with E-state index >= 15 is 0 Å². The molecule has 0 heterocycles. The van der Waals surface area contributed by atoms with E-state index in [1.807, 2.05) is 0 Å². The molecule has 120 valence electrons. The number of aryl methyl sites for hydroxylation is 2. The number of hydrogen-bond donors (Lipinski definition) is 0. The van der Waals surface area contributed by atoms with E-state index in [9.17, 15) is 25.2 Å². The quantitative estimate of drug-likeness (QED) is 0.328. The minimum atomic E-state index is -10.7. The second-order valence-corrected chi connectivity index (χ2v) is 7.59. The molecule has 1 aromatic rings. The molecule has 1 nitrogen and oxygen atoms in total. The van der Waals surface area contributed by atoms with E-state index in [2.05, 4.69) is 54.0 Å². The fourth-order valence-corrected chi connectivity index (χ4v) is 1.40. The summed E-state index contributed by atoms with van der Waals surface area (Å²) in [6.45, 7) is 6.55. The summed E-state index contributed by atoms with van der Waals surface area (Å²) in [7, 11) is -4.06. The molecule has 0 N–H and O–H groups in total. The molecule has 0 spiro atoms. The summed E-state index contributed by atoms with van der Waals surface area (Å²) in [6, 6.07) is 4.56. The van der Waals surface area contributed by atoms with Crippen molar-refractivity contribution in [2.45, 2.75) is 20.8 Å². The molecule has 0 saturated carbocycles. The summed E-state index contributed by atoms with van der Waals surface area (Å²) >= 11 is 0. The third-order valence-electron chi connectivity index (χ3n) is 2.69. The van der Waals surface area contributed by atoms with Gasteiger partial charge < -0.3 is 0 Å². The van der Waals surface area contributed by atoms with E-state index in [0.717, 1.165) is 4.48 Å². The van der Waals surface area contributed by atoms with E-state index in [4.69, 9.17) is 0 Å². The Morgan fingerprint density at radius 2 is 1.00 bits per heavy atom. The number of nitrogens with zero attached hydrogens (tertiary/aromatic N) is 1. The Morgan fingerprint density at radius 3 is 1.20 bits per heavy atom. The van der Waals surface area contributed by atoms with Crippen LogP contribution in [0.4, 0.5) is 30.9 Å². The predicted octanol–water partition coefficient (Wildman–Crippen LogP) is 6.19. The summed E-state index contributed by atoms with van der Waals surface area (Å²) in [5.74, 6) is 0. The molecule has 1 aromatic carbocycles. The van der Waals surface area contributed by atoms with Crippen LogP contribution in [0.1, 0.15) is 16.7 Å².